The van der Waals surface area contributed by atoms with Gasteiger partial charge < -0.3 is 14.6 Å². The third-order valence-corrected chi connectivity index (χ3v) is 3.64. The van der Waals surface area contributed by atoms with E-state index < -0.39 is 0 Å². The maximum Gasteiger partial charge on any atom is 0.214 e. The molecule has 0 aromatic carbocycles. The first-order valence-corrected chi connectivity index (χ1v) is 6.98. The molecule has 1 atom stereocenters. The highest BCUT2D eigenvalue weighted by Crippen LogP contribution is 2.15. The van der Waals surface area contributed by atoms with E-state index in [1.807, 2.05) is 20.9 Å². The lowest BCUT2D eigenvalue weighted by Crippen LogP contribution is -2.45. The Hall–Kier alpha value is -1.52. The molecule has 2 rings (SSSR count). The van der Waals surface area contributed by atoms with Gasteiger partial charge in [0.2, 0.25) is 5.89 Å². The van der Waals surface area contributed by atoms with E-state index in [9.17, 15) is 0 Å². The second-order valence-corrected chi connectivity index (χ2v) is 5.34. The summed E-state index contributed by atoms with van der Waals surface area (Å²) in [5, 5.41) is 3.34. The van der Waals surface area contributed by atoms with Crippen molar-refractivity contribution in [1.82, 2.24) is 15.2 Å². The van der Waals surface area contributed by atoms with Crippen LogP contribution in [0.2, 0.25) is 0 Å². The molecule has 1 N–H and O–H groups in total. The molecule has 2 heterocycles. The zero-order valence-corrected chi connectivity index (χ0v) is 12.4. The van der Waals surface area contributed by atoms with Crippen molar-refractivity contribution in [1.29, 1.82) is 0 Å². The van der Waals surface area contributed by atoms with E-state index in [-0.39, 0.29) is 0 Å². The zero-order valence-electron chi connectivity index (χ0n) is 12.4. The zero-order chi connectivity index (χ0) is 13.8. The third kappa shape index (κ3) is 3.49. The van der Waals surface area contributed by atoms with Crippen molar-refractivity contribution in [3.8, 4) is 0 Å². The van der Waals surface area contributed by atoms with Crippen LogP contribution in [0.3, 0.4) is 0 Å². The summed E-state index contributed by atoms with van der Waals surface area (Å²) in [6.07, 6.45) is 2.55. The molecule has 0 radical (unpaired) electrons. The van der Waals surface area contributed by atoms with Gasteiger partial charge in [-0.3, -0.25) is 4.99 Å². The standard InChI is InChI=1S/C14H24N4O/c1-10-6-5-7-18(9-10)14(15-4)16-8-13-17-11(2)12(3)19-13/h10H,5-9H2,1-4H3,(H,15,16). The summed E-state index contributed by atoms with van der Waals surface area (Å²) in [4.78, 5) is 11.0. The number of piperidine rings is 1. The number of aryl methyl sites for hydroxylation is 2. The first-order valence-electron chi connectivity index (χ1n) is 6.98. The van der Waals surface area contributed by atoms with E-state index in [0.29, 0.717) is 6.54 Å². The minimum atomic E-state index is 0.590. The minimum absolute atomic E-state index is 0.590. The van der Waals surface area contributed by atoms with Crippen LogP contribution < -0.4 is 5.32 Å². The van der Waals surface area contributed by atoms with Crippen molar-refractivity contribution >= 4 is 5.96 Å². The van der Waals surface area contributed by atoms with Crippen LogP contribution in [0.5, 0.6) is 0 Å². The smallest absolute Gasteiger partial charge is 0.214 e. The van der Waals surface area contributed by atoms with Crippen LogP contribution in [0.4, 0.5) is 0 Å². The molecule has 1 saturated heterocycles. The molecular weight excluding hydrogens is 240 g/mol. The topological polar surface area (TPSA) is 53.7 Å². The van der Waals surface area contributed by atoms with Gasteiger partial charge in [-0.1, -0.05) is 6.92 Å². The normalized spacial score (nSPS) is 20.7. The number of guanidine groups is 1. The van der Waals surface area contributed by atoms with E-state index in [4.69, 9.17) is 4.42 Å². The van der Waals surface area contributed by atoms with Crippen LogP contribution in [0.1, 0.15) is 37.1 Å². The Balaban J connectivity index is 1.92. The van der Waals surface area contributed by atoms with Crippen molar-refractivity contribution in [3.63, 3.8) is 0 Å². The van der Waals surface area contributed by atoms with Crippen LogP contribution in [-0.4, -0.2) is 36.0 Å². The van der Waals surface area contributed by atoms with Gasteiger partial charge >= 0.3 is 0 Å². The number of aromatic nitrogens is 1. The first-order chi connectivity index (χ1) is 9.10. The van der Waals surface area contributed by atoms with Crippen molar-refractivity contribution in [2.24, 2.45) is 10.9 Å². The van der Waals surface area contributed by atoms with Crippen molar-refractivity contribution in [2.75, 3.05) is 20.1 Å². The fourth-order valence-corrected chi connectivity index (χ4v) is 2.48. The fourth-order valence-electron chi connectivity index (χ4n) is 2.48. The van der Waals surface area contributed by atoms with E-state index in [1.165, 1.54) is 12.8 Å². The molecule has 5 nitrogen and oxygen atoms in total. The monoisotopic (exact) mass is 264 g/mol. The molecule has 1 aliphatic rings. The Morgan fingerprint density at radius 2 is 2.32 bits per heavy atom. The lowest BCUT2D eigenvalue weighted by Gasteiger charge is -2.33. The van der Waals surface area contributed by atoms with E-state index in [1.54, 1.807) is 0 Å². The van der Waals surface area contributed by atoms with Gasteiger partial charge in [-0.15, -0.1) is 0 Å². The van der Waals surface area contributed by atoms with Crippen molar-refractivity contribution in [3.05, 3.63) is 17.3 Å². The molecule has 1 fully saturated rings. The summed E-state index contributed by atoms with van der Waals surface area (Å²) in [5.41, 5.74) is 0.957. The van der Waals surface area contributed by atoms with Gasteiger partial charge in [0.05, 0.1) is 12.2 Å². The van der Waals surface area contributed by atoms with E-state index >= 15 is 0 Å². The molecule has 0 aliphatic carbocycles. The number of hydrogen-bond donors (Lipinski definition) is 1. The molecule has 5 heteroatoms. The number of likely N-dealkylation sites (tertiary alicyclic amines) is 1. The average Bonchev–Trinajstić information content (AvgIpc) is 2.70. The third-order valence-electron chi connectivity index (χ3n) is 3.64. The largest absolute Gasteiger partial charge is 0.444 e. The van der Waals surface area contributed by atoms with E-state index in [0.717, 1.165) is 42.3 Å². The Kier molecular flexibility index (Phi) is 4.45. The fraction of sp³-hybridized carbons (Fsp3) is 0.714. The summed E-state index contributed by atoms with van der Waals surface area (Å²) in [6.45, 7) is 8.93. The number of hydrogen-bond acceptors (Lipinski definition) is 3. The number of aliphatic imine (C=N–C) groups is 1. The van der Waals surface area contributed by atoms with Crippen LogP contribution in [0.25, 0.3) is 0 Å². The van der Waals surface area contributed by atoms with Crippen LogP contribution in [0.15, 0.2) is 9.41 Å². The molecule has 1 aromatic rings. The first kappa shape index (κ1) is 13.9. The summed E-state index contributed by atoms with van der Waals surface area (Å²) < 4.78 is 5.57. The highest BCUT2D eigenvalue weighted by atomic mass is 16.4. The Morgan fingerprint density at radius 1 is 1.53 bits per heavy atom. The molecule has 1 aromatic heterocycles. The molecule has 106 valence electrons. The number of nitrogens with zero attached hydrogens (tertiary/aromatic N) is 3. The van der Waals surface area contributed by atoms with Gasteiger partial charge in [0, 0.05) is 20.1 Å². The Labute approximate surface area is 115 Å². The average molecular weight is 264 g/mol. The van der Waals surface area contributed by atoms with Gasteiger partial charge in [0.1, 0.15) is 5.76 Å². The van der Waals surface area contributed by atoms with Crippen LogP contribution in [0, 0.1) is 19.8 Å². The molecule has 19 heavy (non-hydrogen) atoms. The van der Waals surface area contributed by atoms with Gasteiger partial charge in [0.15, 0.2) is 5.96 Å². The lowest BCUT2D eigenvalue weighted by molar-refractivity contribution is 0.265. The quantitative estimate of drug-likeness (QED) is 0.656. The maximum atomic E-state index is 5.57. The van der Waals surface area contributed by atoms with Crippen LogP contribution in [-0.2, 0) is 6.54 Å². The molecule has 0 spiro atoms. The van der Waals surface area contributed by atoms with Gasteiger partial charge in [-0.05, 0) is 32.6 Å². The van der Waals surface area contributed by atoms with Gasteiger partial charge in [-0.2, -0.15) is 0 Å². The number of oxazole rings is 1. The Morgan fingerprint density at radius 3 is 2.89 bits per heavy atom. The van der Waals surface area contributed by atoms with Crippen molar-refractivity contribution < 1.29 is 4.42 Å². The molecule has 0 saturated carbocycles. The van der Waals surface area contributed by atoms with E-state index in [2.05, 4.69) is 27.1 Å². The second kappa shape index (κ2) is 6.08. The predicted octanol–water partition coefficient (Wildman–Crippen LogP) is 2.10. The second-order valence-electron chi connectivity index (χ2n) is 5.34. The summed E-state index contributed by atoms with van der Waals surface area (Å²) in [7, 11) is 1.83. The number of rotatable bonds is 2. The molecule has 0 amide bonds. The molecule has 0 bridgehead atoms. The summed E-state index contributed by atoms with van der Waals surface area (Å²) in [5.74, 6) is 3.29. The van der Waals surface area contributed by atoms with Gasteiger partial charge in [0.25, 0.3) is 0 Å². The molecular formula is C14H24N4O. The molecule has 1 unspecified atom stereocenters. The highest BCUT2D eigenvalue weighted by Gasteiger charge is 2.19. The summed E-state index contributed by atoms with van der Waals surface area (Å²) in [6, 6.07) is 0. The highest BCUT2D eigenvalue weighted by molar-refractivity contribution is 5.79. The maximum absolute atomic E-state index is 5.57. The van der Waals surface area contributed by atoms with Crippen LogP contribution >= 0.6 is 0 Å². The summed E-state index contributed by atoms with van der Waals surface area (Å²) >= 11 is 0. The Bertz CT molecular complexity index is 433. The predicted molar refractivity (Wildman–Crippen MR) is 76.1 cm³/mol. The van der Waals surface area contributed by atoms with Crippen molar-refractivity contribution in [2.45, 2.75) is 40.2 Å². The SMILES string of the molecule is CN=C(NCc1nc(C)c(C)o1)N1CCCC(C)C1. The van der Waals surface area contributed by atoms with Gasteiger partial charge in [-0.25, -0.2) is 4.98 Å². The lowest BCUT2D eigenvalue weighted by atomic mass is 10.0. The minimum Gasteiger partial charge on any atom is -0.444 e. The molecule has 1 aliphatic heterocycles. The number of nitrogens with one attached hydrogen (secondary N) is 1.